The lowest BCUT2D eigenvalue weighted by Crippen LogP contribution is -2.50. The third kappa shape index (κ3) is 5.18. The maximum atomic E-state index is 13.8. The molecule has 0 saturated heterocycles. The number of nitrogens with two attached hydrogens (primary N) is 2. The summed E-state index contributed by atoms with van der Waals surface area (Å²) in [5, 5.41) is 5.80. The Morgan fingerprint density at radius 1 is 1.05 bits per heavy atom. The number of rotatable bonds is 8. The number of sulfonamides is 2. The molecule has 4 aromatic rings. The zero-order valence-corrected chi connectivity index (χ0v) is 22.0. The van der Waals surface area contributed by atoms with E-state index in [1.165, 1.54) is 18.2 Å². The summed E-state index contributed by atoms with van der Waals surface area (Å²) in [6, 6.07) is 13.6. The van der Waals surface area contributed by atoms with Gasteiger partial charge in [-0.3, -0.25) is 4.79 Å². The van der Waals surface area contributed by atoms with Gasteiger partial charge in [0, 0.05) is 42.9 Å². The van der Waals surface area contributed by atoms with Gasteiger partial charge in [0.15, 0.2) is 0 Å². The van der Waals surface area contributed by atoms with Crippen LogP contribution in [0.15, 0.2) is 76.8 Å². The summed E-state index contributed by atoms with van der Waals surface area (Å²) in [4.78, 5) is 18.3. The van der Waals surface area contributed by atoms with Gasteiger partial charge in [0.25, 0.3) is 0 Å². The van der Waals surface area contributed by atoms with Crippen LogP contribution in [0.5, 0.6) is 0 Å². The average molecular weight is 557 g/mol. The standard InChI is InChI=1S/C25H28N6O5S2/c26-24-5-2-12-30(24)14-10-22(29-38(35,36)23-4-1-3-21-20(23)8-11-28-21)25(32)31-13-9-17-6-7-19(37(27,33)34)15-18(17)16-31/h1-8,11-12,15,22,28-29H,9-10,13-14,16,26H2,(H2,27,33,34). The van der Waals surface area contributed by atoms with E-state index in [9.17, 15) is 21.6 Å². The van der Waals surface area contributed by atoms with Gasteiger partial charge < -0.3 is 20.2 Å². The van der Waals surface area contributed by atoms with Gasteiger partial charge in [-0.2, -0.15) is 4.72 Å². The fraction of sp³-hybridized carbons (Fsp3) is 0.240. The lowest BCUT2D eigenvalue weighted by molar-refractivity contribution is -0.134. The van der Waals surface area contributed by atoms with Gasteiger partial charge in [-0.25, -0.2) is 22.0 Å². The number of benzene rings is 2. The lowest BCUT2D eigenvalue weighted by atomic mass is 9.99. The second kappa shape index (κ2) is 9.91. The molecule has 0 aliphatic carbocycles. The molecule has 0 saturated carbocycles. The van der Waals surface area contributed by atoms with Crippen LogP contribution in [0.2, 0.25) is 0 Å². The molecule has 0 fully saturated rings. The van der Waals surface area contributed by atoms with Crippen molar-refractivity contribution in [3.05, 3.63) is 78.1 Å². The van der Waals surface area contributed by atoms with Gasteiger partial charge in [-0.1, -0.05) is 12.1 Å². The normalized spacial score (nSPS) is 14.9. The molecule has 6 N–H and O–H groups in total. The minimum Gasteiger partial charge on any atom is -0.385 e. The van der Waals surface area contributed by atoms with Crippen LogP contribution in [0, 0.1) is 0 Å². The van der Waals surface area contributed by atoms with Gasteiger partial charge in [-0.15, -0.1) is 0 Å². The number of fused-ring (bicyclic) bond motifs is 2. The summed E-state index contributed by atoms with van der Waals surface area (Å²) in [6.45, 7) is 0.804. The molecule has 5 rings (SSSR count). The number of amides is 1. The Bertz CT molecular complexity index is 1730. The molecule has 3 heterocycles. The number of aromatic nitrogens is 2. The van der Waals surface area contributed by atoms with Crippen molar-refractivity contribution in [3.63, 3.8) is 0 Å². The summed E-state index contributed by atoms with van der Waals surface area (Å²) < 4.78 is 55.1. The predicted molar refractivity (Wildman–Crippen MR) is 143 cm³/mol. The molecule has 1 atom stereocenters. The van der Waals surface area contributed by atoms with E-state index in [4.69, 9.17) is 10.9 Å². The number of hydrogen-bond acceptors (Lipinski definition) is 6. The zero-order chi connectivity index (χ0) is 27.1. The number of primary sulfonamides is 1. The molecular formula is C25H28N6O5S2. The number of nitrogen functional groups attached to an aromatic ring is 1. The van der Waals surface area contributed by atoms with Crippen LogP contribution in [0.25, 0.3) is 10.9 Å². The number of carbonyl (C=O) groups is 1. The number of carbonyl (C=O) groups excluding carboxylic acids is 1. The molecule has 1 unspecified atom stereocenters. The van der Waals surface area contributed by atoms with Crippen LogP contribution in [0.3, 0.4) is 0 Å². The van der Waals surface area contributed by atoms with Gasteiger partial charge >= 0.3 is 0 Å². The van der Waals surface area contributed by atoms with Crippen LogP contribution in [0.1, 0.15) is 17.5 Å². The molecule has 11 nitrogen and oxygen atoms in total. The van der Waals surface area contributed by atoms with Gasteiger partial charge in [0.1, 0.15) is 11.9 Å². The number of aryl methyl sites for hydroxylation is 1. The number of H-pyrrole nitrogens is 1. The Balaban J connectivity index is 1.44. The quantitative estimate of drug-likeness (QED) is 0.256. The van der Waals surface area contributed by atoms with Crippen LogP contribution in [0.4, 0.5) is 5.82 Å². The summed E-state index contributed by atoms with van der Waals surface area (Å²) in [5.41, 5.74) is 8.22. The molecule has 1 amide bonds. The van der Waals surface area contributed by atoms with Crippen LogP contribution in [-0.4, -0.2) is 49.8 Å². The van der Waals surface area contributed by atoms with Crippen LogP contribution >= 0.6 is 0 Å². The summed E-state index contributed by atoms with van der Waals surface area (Å²) in [5.74, 6) is 0.0887. The molecule has 2 aromatic heterocycles. The molecule has 200 valence electrons. The minimum absolute atomic E-state index is 0.0366. The van der Waals surface area contributed by atoms with Gasteiger partial charge in [0.05, 0.1) is 9.79 Å². The van der Waals surface area contributed by atoms with Gasteiger partial charge in [-0.05, 0) is 66.4 Å². The maximum absolute atomic E-state index is 13.8. The number of aromatic amines is 1. The first-order valence-electron chi connectivity index (χ1n) is 12.0. The molecule has 13 heteroatoms. The van der Waals surface area contributed by atoms with E-state index in [-0.39, 0.29) is 22.8 Å². The van der Waals surface area contributed by atoms with E-state index in [2.05, 4.69) is 9.71 Å². The Morgan fingerprint density at radius 2 is 1.87 bits per heavy atom. The first-order valence-corrected chi connectivity index (χ1v) is 15.0. The van der Waals surface area contributed by atoms with Crippen LogP contribution < -0.4 is 15.6 Å². The average Bonchev–Trinajstić information content (AvgIpc) is 3.53. The van der Waals surface area contributed by atoms with Crippen molar-refractivity contribution in [3.8, 4) is 0 Å². The van der Waals surface area contributed by atoms with Gasteiger partial charge in [0.2, 0.25) is 26.0 Å². The molecule has 1 aliphatic rings. The summed E-state index contributed by atoms with van der Waals surface area (Å²) in [7, 11) is -7.99. The van der Waals surface area contributed by atoms with E-state index in [1.807, 2.05) is 0 Å². The molecule has 0 spiro atoms. The SMILES string of the molecule is Nc1cccn1CCC(NS(=O)(=O)c1cccc2[nH]ccc12)C(=O)N1CCc2ccc(S(N)(=O)=O)cc2C1. The number of anilines is 1. The summed E-state index contributed by atoms with van der Waals surface area (Å²) in [6.07, 6.45) is 4.07. The van der Waals surface area contributed by atoms with Crippen molar-refractivity contribution >= 4 is 42.7 Å². The maximum Gasteiger partial charge on any atom is 0.241 e. The molecule has 38 heavy (non-hydrogen) atoms. The second-order valence-electron chi connectivity index (χ2n) is 9.27. The first-order chi connectivity index (χ1) is 18.0. The topological polar surface area (TPSA) is 173 Å². The third-order valence-corrected chi connectivity index (χ3v) is 9.23. The van der Waals surface area contributed by atoms with Crippen LogP contribution in [-0.2, 0) is 44.4 Å². The van der Waals surface area contributed by atoms with Crippen molar-refractivity contribution in [2.24, 2.45) is 5.14 Å². The number of hydrogen-bond donors (Lipinski definition) is 4. The molecular weight excluding hydrogens is 528 g/mol. The van der Waals surface area contributed by atoms with E-state index in [0.29, 0.717) is 41.8 Å². The first kappa shape index (κ1) is 26.0. The predicted octanol–water partition coefficient (Wildman–Crippen LogP) is 1.52. The van der Waals surface area contributed by atoms with Crippen molar-refractivity contribution < 1.29 is 21.6 Å². The summed E-state index contributed by atoms with van der Waals surface area (Å²) >= 11 is 0. The fourth-order valence-electron chi connectivity index (χ4n) is 4.79. The molecule has 0 bridgehead atoms. The number of nitrogens with one attached hydrogen (secondary N) is 2. The zero-order valence-electron chi connectivity index (χ0n) is 20.4. The van der Waals surface area contributed by atoms with Crippen molar-refractivity contribution in [2.45, 2.75) is 41.8 Å². The third-order valence-electron chi connectivity index (χ3n) is 6.79. The smallest absolute Gasteiger partial charge is 0.241 e. The molecule has 1 aliphatic heterocycles. The van der Waals surface area contributed by atoms with Crippen molar-refractivity contribution in [1.29, 1.82) is 0 Å². The Morgan fingerprint density at radius 3 is 2.61 bits per heavy atom. The highest BCUT2D eigenvalue weighted by atomic mass is 32.2. The number of nitrogens with zero attached hydrogens (tertiary/aromatic N) is 2. The molecule has 2 aromatic carbocycles. The largest absolute Gasteiger partial charge is 0.385 e. The van der Waals surface area contributed by atoms with Crippen molar-refractivity contribution in [1.82, 2.24) is 19.2 Å². The highest BCUT2D eigenvalue weighted by Gasteiger charge is 2.32. The highest BCUT2D eigenvalue weighted by molar-refractivity contribution is 7.89. The Hall–Kier alpha value is -3.65. The van der Waals surface area contributed by atoms with E-state index in [1.54, 1.807) is 58.3 Å². The fourth-order valence-corrected chi connectivity index (χ4v) is 6.80. The highest BCUT2D eigenvalue weighted by Crippen LogP contribution is 2.25. The monoisotopic (exact) mass is 556 g/mol. The minimum atomic E-state index is -4.08. The van der Waals surface area contributed by atoms with E-state index < -0.39 is 32.0 Å². The Labute approximate surface area is 220 Å². The second-order valence-corrected chi connectivity index (χ2v) is 12.5. The molecule has 0 radical (unpaired) electrons. The van der Waals surface area contributed by atoms with Crippen molar-refractivity contribution in [2.75, 3.05) is 12.3 Å². The Kier molecular flexibility index (Phi) is 6.77. The van der Waals surface area contributed by atoms with E-state index in [0.717, 1.165) is 5.56 Å². The van der Waals surface area contributed by atoms with E-state index >= 15 is 0 Å². The lowest BCUT2D eigenvalue weighted by Gasteiger charge is -2.32.